The molecule has 2 heterocycles. The van der Waals surface area contributed by atoms with Gasteiger partial charge in [-0.05, 0) is 30.9 Å². The van der Waals surface area contributed by atoms with Crippen molar-refractivity contribution in [3.63, 3.8) is 0 Å². The van der Waals surface area contributed by atoms with E-state index in [1.165, 1.54) is 29.4 Å². The van der Waals surface area contributed by atoms with Gasteiger partial charge in [0, 0.05) is 28.6 Å². The summed E-state index contributed by atoms with van der Waals surface area (Å²) in [4.78, 5) is 0. The van der Waals surface area contributed by atoms with E-state index >= 15 is 0 Å². The Morgan fingerprint density at radius 3 is 3.00 bits per heavy atom. The van der Waals surface area contributed by atoms with Crippen molar-refractivity contribution in [2.45, 2.75) is 32.2 Å². The van der Waals surface area contributed by atoms with Gasteiger partial charge < -0.3 is 4.57 Å². The molecule has 1 saturated carbocycles. The van der Waals surface area contributed by atoms with Crippen LogP contribution in [0.4, 0.5) is 0 Å². The Morgan fingerprint density at radius 2 is 2.13 bits per heavy atom. The molecule has 1 heteroatoms. The van der Waals surface area contributed by atoms with Crippen LogP contribution in [0.15, 0.2) is 24.3 Å². The van der Waals surface area contributed by atoms with Crippen molar-refractivity contribution < 1.29 is 0 Å². The summed E-state index contributed by atoms with van der Waals surface area (Å²) >= 11 is 0. The molecular formula is C14H15N. The van der Waals surface area contributed by atoms with Crippen LogP contribution < -0.4 is 0 Å². The van der Waals surface area contributed by atoms with Crippen LogP contribution >= 0.6 is 0 Å². The first-order valence-electron chi connectivity index (χ1n) is 5.80. The quantitative estimate of drug-likeness (QED) is 0.611. The highest BCUT2D eigenvalue weighted by atomic mass is 15.1. The Bertz CT molecular complexity index is 578. The summed E-state index contributed by atoms with van der Waals surface area (Å²) in [6, 6.07) is 8.83. The van der Waals surface area contributed by atoms with Gasteiger partial charge in [0.1, 0.15) is 0 Å². The summed E-state index contributed by atoms with van der Waals surface area (Å²) in [6.07, 6.45) is 1.41. The molecule has 1 nitrogen and oxygen atoms in total. The van der Waals surface area contributed by atoms with Gasteiger partial charge in [-0.15, -0.1) is 0 Å². The first-order valence-corrected chi connectivity index (χ1v) is 5.80. The number of para-hydroxylation sites is 1. The smallest absolute Gasteiger partial charge is 0.0485 e. The number of fused-ring (bicyclic) bond motifs is 5. The van der Waals surface area contributed by atoms with Gasteiger partial charge in [-0.3, -0.25) is 0 Å². The van der Waals surface area contributed by atoms with Crippen molar-refractivity contribution in [1.29, 1.82) is 0 Å². The normalized spacial score (nSPS) is 31.7. The summed E-state index contributed by atoms with van der Waals surface area (Å²) in [6.45, 7) is 5.97. The van der Waals surface area contributed by atoms with E-state index in [1.807, 2.05) is 0 Å². The van der Waals surface area contributed by atoms with Gasteiger partial charge in [-0.1, -0.05) is 25.1 Å². The summed E-state index contributed by atoms with van der Waals surface area (Å²) in [5.74, 6) is 0.927. The van der Waals surface area contributed by atoms with Gasteiger partial charge in [-0.25, -0.2) is 0 Å². The van der Waals surface area contributed by atoms with Gasteiger partial charge >= 0.3 is 0 Å². The molecule has 1 aliphatic heterocycles. The molecule has 2 atom stereocenters. The lowest BCUT2D eigenvalue weighted by Crippen LogP contribution is -2.03. The molecule has 0 amide bonds. The number of nitrogens with zero attached hydrogens (tertiary/aromatic N) is 1. The van der Waals surface area contributed by atoms with Gasteiger partial charge in [0.25, 0.3) is 0 Å². The molecule has 0 radical (unpaired) electrons. The second-order valence-corrected chi connectivity index (χ2v) is 5.42. The van der Waals surface area contributed by atoms with E-state index in [0.717, 1.165) is 5.92 Å². The number of benzene rings is 1. The third kappa shape index (κ3) is 0.737. The molecule has 15 heavy (non-hydrogen) atoms. The Labute approximate surface area is 89.7 Å². The predicted molar refractivity (Wildman–Crippen MR) is 62.1 cm³/mol. The molecule has 0 bridgehead atoms. The van der Waals surface area contributed by atoms with Gasteiger partial charge in [0.05, 0.1) is 0 Å². The molecular weight excluding hydrogens is 182 g/mol. The molecule has 2 unspecified atom stereocenters. The third-order valence-corrected chi connectivity index (χ3v) is 4.58. The van der Waals surface area contributed by atoms with Gasteiger partial charge in [0.15, 0.2) is 0 Å². The van der Waals surface area contributed by atoms with Crippen LogP contribution in [0.25, 0.3) is 10.9 Å². The Balaban J connectivity index is 2.18. The maximum Gasteiger partial charge on any atom is 0.0485 e. The van der Waals surface area contributed by atoms with Crippen molar-refractivity contribution in [2.75, 3.05) is 0 Å². The van der Waals surface area contributed by atoms with E-state index in [1.54, 1.807) is 5.69 Å². The average molecular weight is 197 g/mol. The van der Waals surface area contributed by atoms with E-state index in [-0.39, 0.29) is 0 Å². The Kier molecular flexibility index (Phi) is 1.13. The summed E-state index contributed by atoms with van der Waals surface area (Å²) in [7, 11) is 0. The van der Waals surface area contributed by atoms with Gasteiger partial charge in [0.2, 0.25) is 0 Å². The zero-order valence-electron chi connectivity index (χ0n) is 9.25. The minimum absolute atomic E-state index is 0.517. The fourth-order valence-electron chi connectivity index (χ4n) is 3.63. The molecule has 76 valence electrons. The highest BCUT2D eigenvalue weighted by molar-refractivity contribution is 5.86. The lowest BCUT2D eigenvalue weighted by Gasteiger charge is -2.07. The lowest BCUT2D eigenvalue weighted by atomic mass is 10.00. The van der Waals surface area contributed by atoms with E-state index < -0.39 is 0 Å². The Morgan fingerprint density at radius 1 is 1.33 bits per heavy atom. The van der Waals surface area contributed by atoms with E-state index in [4.69, 9.17) is 0 Å². The highest BCUT2D eigenvalue weighted by Gasteiger charge is 2.58. The second kappa shape index (κ2) is 2.13. The van der Waals surface area contributed by atoms with Crippen LogP contribution in [0, 0.1) is 12.8 Å². The maximum atomic E-state index is 2.55. The number of hydrogen-bond acceptors (Lipinski definition) is 0. The van der Waals surface area contributed by atoms with Crippen LogP contribution in [0.5, 0.6) is 0 Å². The molecule has 1 aliphatic carbocycles. The topological polar surface area (TPSA) is 4.93 Å². The highest BCUT2D eigenvalue weighted by Crippen LogP contribution is 2.61. The number of aromatic nitrogens is 1. The van der Waals surface area contributed by atoms with Crippen LogP contribution in [0.3, 0.4) is 0 Å². The maximum absolute atomic E-state index is 2.55. The Hall–Kier alpha value is -1.24. The fraction of sp³-hybridized carbons (Fsp3) is 0.429. The monoisotopic (exact) mass is 197 g/mol. The zero-order chi connectivity index (χ0) is 10.2. The minimum atomic E-state index is 0.517. The molecule has 2 aliphatic rings. The van der Waals surface area contributed by atoms with Crippen molar-refractivity contribution >= 4 is 10.9 Å². The first kappa shape index (κ1) is 7.98. The molecule has 0 spiro atoms. The van der Waals surface area contributed by atoms with E-state index in [9.17, 15) is 0 Å². The van der Waals surface area contributed by atoms with Crippen LogP contribution in [-0.4, -0.2) is 4.57 Å². The number of hydrogen-bond donors (Lipinski definition) is 0. The van der Waals surface area contributed by atoms with Crippen molar-refractivity contribution in [3.8, 4) is 0 Å². The fourth-order valence-corrected chi connectivity index (χ4v) is 3.63. The van der Waals surface area contributed by atoms with Crippen LogP contribution in [0.2, 0.25) is 0 Å². The molecule has 1 aromatic heterocycles. The van der Waals surface area contributed by atoms with Crippen LogP contribution in [-0.2, 0) is 12.0 Å². The third-order valence-electron chi connectivity index (χ3n) is 4.58. The summed E-state index contributed by atoms with van der Waals surface area (Å²) < 4.78 is 2.55. The molecule has 4 rings (SSSR count). The molecule has 0 saturated heterocycles. The first-order chi connectivity index (χ1) is 7.22. The van der Waals surface area contributed by atoms with Crippen molar-refractivity contribution in [2.24, 2.45) is 5.92 Å². The lowest BCUT2D eigenvalue weighted by molar-refractivity contribution is 0.678. The average Bonchev–Trinajstić information content (AvgIpc) is 2.65. The number of rotatable bonds is 0. The summed E-state index contributed by atoms with van der Waals surface area (Å²) in [5.41, 5.74) is 5.10. The molecule has 1 fully saturated rings. The van der Waals surface area contributed by atoms with Crippen molar-refractivity contribution in [3.05, 3.63) is 35.5 Å². The predicted octanol–water partition coefficient (Wildman–Crippen LogP) is 3.24. The van der Waals surface area contributed by atoms with Crippen molar-refractivity contribution in [1.82, 2.24) is 4.57 Å². The summed E-state index contributed by atoms with van der Waals surface area (Å²) in [5, 5.41) is 1.46. The van der Waals surface area contributed by atoms with Crippen LogP contribution in [0.1, 0.15) is 24.6 Å². The molecule has 1 aromatic carbocycles. The largest absolute Gasteiger partial charge is 0.343 e. The van der Waals surface area contributed by atoms with E-state index in [2.05, 4.69) is 42.7 Å². The zero-order valence-corrected chi connectivity index (χ0v) is 9.25. The molecule has 0 N–H and O–H groups in total. The minimum Gasteiger partial charge on any atom is -0.343 e. The molecule has 2 aromatic rings. The standard InChI is InChI=1S/C14H15N/c1-9-11-5-3-4-6-12(11)15-8-10-7-14(10,2)13(9)15/h3-6,10H,7-8H2,1-2H3. The van der Waals surface area contributed by atoms with Gasteiger partial charge in [-0.2, -0.15) is 0 Å². The second-order valence-electron chi connectivity index (χ2n) is 5.42. The number of aryl methyl sites for hydroxylation is 1. The van der Waals surface area contributed by atoms with E-state index in [0.29, 0.717) is 5.41 Å². The SMILES string of the molecule is Cc1c2n(c3ccccc13)CC1CC21C.